The van der Waals surface area contributed by atoms with Gasteiger partial charge in [-0.05, 0) is 30.0 Å². The van der Waals surface area contributed by atoms with Crippen molar-refractivity contribution >= 4 is 6.21 Å². The normalized spacial score (nSPS) is 12.0. The minimum atomic E-state index is 0.199. The fourth-order valence-corrected chi connectivity index (χ4v) is 1.27. The number of aliphatic imine (C=N–C) groups is 1. The van der Waals surface area contributed by atoms with Crippen molar-refractivity contribution in [3.63, 3.8) is 0 Å². The summed E-state index contributed by atoms with van der Waals surface area (Å²) in [5.74, 6) is 0.947. The van der Waals surface area contributed by atoms with Crippen LogP contribution in [0.1, 0.15) is 32.8 Å². The second kappa shape index (κ2) is 5.71. The number of methoxy groups -OCH3 is 1. The van der Waals surface area contributed by atoms with Crippen LogP contribution >= 0.6 is 0 Å². The number of ether oxygens (including phenoxy) is 1. The number of benzene rings is 1. The maximum Gasteiger partial charge on any atom is 0.124 e. The molecule has 1 rings (SSSR count). The number of rotatable bonds is 5. The molecule has 17 heavy (non-hydrogen) atoms. The number of phenolic OH excluding ortho intramolecular Hbond substituents is 1. The van der Waals surface area contributed by atoms with Crippen molar-refractivity contribution in [3.8, 4) is 11.5 Å². The quantitative estimate of drug-likeness (QED) is 0.796. The highest BCUT2D eigenvalue weighted by atomic mass is 16.5. The van der Waals surface area contributed by atoms with E-state index in [2.05, 4.69) is 25.8 Å². The van der Waals surface area contributed by atoms with Gasteiger partial charge in [-0.25, -0.2) is 0 Å². The molecule has 0 fully saturated rings. The Bertz CT molecular complexity index is 397. The van der Waals surface area contributed by atoms with E-state index in [1.165, 1.54) is 0 Å². The van der Waals surface area contributed by atoms with Gasteiger partial charge in [0.25, 0.3) is 0 Å². The predicted molar refractivity (Wildman–Crippen MR) is 71.2 cm³/mol. The summed E-state index contributed by atoms with van der Waals surface area (Å²) >= 11 is 0. The molecule has 0 spiro atoms. The molecule has 3 nitrogen and oxygen atoms in total. The Morgan fingerprint density at radius 3 is 2.71 bits per heavy atom. The number of phenols is 1. The number of hydrogen-bond acceptors (Lipinski definition) is 3. The molecule has 3 heteroatoms. The average molecular weight is 235 g/mol. The van der Waals surface area contributed by atoms with Crippen LogP contribution in [0, 0.1) is 5.41 Å². The fraction of sp³-hybridized carbons (Fsp3) is 0.500. The topological polar surface area (TPSA) is 41.8 Å². The smallest absolute Gasteiger partial charge is 0.124 e. The van der Waals surface area contributed by atoms with Crippen molar-refractivity contribution in [1.29, 1.82) is 0 Å². The zero-order chi connectivity index (χ0) is 12.9. The van der Waals surface area contributed by atoms with E-state index in [0.29, 0.717) is 5.56 Å². The first-order valence-corrected chi connectivity index (χ1v) is 5.85. The summed E-state index contributed by atoms with van der Waals surface area (Å²) in [5, 5.41) is 9.67. The van der Waals surface area contributed by atoms with Crippen molar-refractivity contribution in [2.75, 3.05) is 13.7 Å². The van der Waals surface area contributed by atoms with Crippen LogP contribution in [0.15, 0.2) is 23.2 Å². The Labute approximate surface area is 103 Å². The highest BCUT2D eigenvalue weighted by Gasteiger charge is 2.13. The zero-order valence-electron chi connectivity index (χ0n) is 11.0. The van der Waals surface area contributed by atoms with Crippen LogP contribution in [-0.2, 0) is 0 Å². The lowest BCUT2D eigenvalue weighted by Crippen LogP contribution is -2.13. The lowest BCUT2D eigenvalue weighted by atomic mass is 9.91. The molecule has 0 aromatic heterocycles. The van der Waals surface area contributed by atoms with Gasteiger partial charge in [0.15, 0.2) is 0 Å². The van der Waals surface area contributed by atoms with E-state index in [9.17, 15) is 5.11 Å². The first-order valence-electron chi connectivity index (χ1n) is 5.85. The van der Waals surface area contributed by atoms with E-state index in [0.717, 1.165) is 18.7 Å². The summed E-state index contributed by atoms with van der Waals surface area (Å²) < 4.78 is 5.11. The van der Waals surface area contributed by atoms with Gasteiger partial charge in [0.2, 0.25) is 0 Å². The van der Waals surface area contributed by atoms with Crippen LogP contribution in [0.2, 0.25) is 0 Å². The molecule has 0 saturated heterocycles. The predicted octanol–water partition coefficient (Wildman–Crippen LogP) is 3.26. The maximum absolute atomic E-state index is 9.67. The van der Waals surface area contributed by atoms with E-state index >= 15 is 0 Å². The van der Waals surface area contributed by atoms with Gasteiger partial charge in [0, 0.05) is 18.3 Å². The van der Waals surface area contributed by atoms with Gasteiger partial charge >= 0.3 is 0 Å². The second-order valence-corrected chi connectivity index (χ2v) is 4.91. The number of nitrogens with zero attached hydrogens (tertiary/aromatic N) is 1. The first-order chi connectivity index (χ1) is 7.98. The van der Waals surface area contributed by atoms with E-state index in [-0.39, 0.29) is 11.2 Å². The highest BCUT2D eigenvalue weighted by Crippen LogP contribution is 2.22. The lowest BCUT2D eigenvalue weighted by Gasteiger charge is -2.19. The maximum atomic E-state index is 9.67. The first kappa shape index (κ1) is 13.6. The third-order valence-electron chi connectivity index (χ3n) is 2.94. The average Bonchev–Trinajstić information content (AvgIpc) is 2.31. The third kappa shape index (κ3) is 4.10. The summed E-state index contributed by atoms with van der Waals surface area (Å²) in [6.45, 7) is 7.25. The summed E-state index contributed by atoms with van der Waals surface area (Å²) in [5.41, 5.74) is 0.890. The zero-order valence-corrected chi connectivity index (χ0v) is 11.0. The minimum Gasteiger partial charge on any atom is -0.507 e. The van der Waals surface area contributed by atoms with Crippen molar-refractivity contribution in [1.82, 2.24) is 0 Å². The fourth-order valence-electron chi connectivity index (χ4n) is 1.27. The van der Waals surface area contributed by atoms with Crippen molar-refractivity contribution in [2.24, 2.45) is 10.4 Å². The molecule has 0 heterocycles. The third-order valence-corrected chi connectivity index (χ3v) is 2.94. The van der Waals surface area contributed by atoms with Crippen LogP contribution < -0.4 is 4.74 Å². The van der Waals surface area contributed by atoms with Crippen LogP contribution in [0.25, 0.3) is 0 Å². The van der Waals surface area contributed by atoms with Gasteiger partial charge in [-0.3, -0.25) is 4.99 Å². The van der Waals surface area contributed by atoms with E-state index in [4.69, 9.17) is 4.74 Å². The number of hydrogen-bond donors (Lipinski definition) is 1. The lowest BCUT2D eigenvalue weighted by molar-refractivity contribution is 0.366. The standard InChI is InChI=1S/C14H21NO2/c1-5-14(2,3)10-15-9-11-8-12(17-4)6-7-13(11)16/h6-9,16H,5,10H2,1-4H3/b15-9+. The Balaban J connectivity index is 2.77. The minimum absolute atomic E-state index is 0.199. The number of aromatic hydroxyl groups is 1. The molecule has 0 saturated carbocycles. The molecule has 0 aliphatic heterocycles. The summed E-state index contributed by atoms with van der Waals surface area (Å²) in [4.78, 5) is 4.38. The molecule has 0 atom stereocenters. The summed E-state index contributed by atoms with van der Waals surface area (Å²) in [7, 11) is 1.60. The van der Waals surface area contributed by atoms with Gasteiger partial charge in [-0.1, -0.05) is 20.8 Å². The largest absolute Gasteiger partial charge is 0.507 e. The van der Waals surface area contributed by atoms with Crippen LogP contribution in [0.3, 0.4) is 0 Å². The summed E-state index contributed by atoms with van der Waals surface area (Å²) in [6, 6.07) is 5.12. The van der Waals surface area contributed by atoms with Crippen LogP contribution in [-0.4, -0.2) is 25.0 Å². The van der Waals surface area contributed by atoms with Crippen molar-refractivity contribution < 1.29 is 9.84 Å². The molecule has 0 aliphatic carbocycles. The molecule has 1 N–H and O–H groups in total. The molecule has 0 aliphatic rings. The van der Waals surface area contributed by atoms with E-state index < -0.39 is 0 Å². The monoisotopic (exact) mass is 235 g/mol. The van der Waals surface area contributed by atoms with Gasteiger partial charge in [0.1, 0.15) is 11.5 Å². The molecule has 0 amide bonds. The molecule has 1 aromatic carbocycles. The Morgan fingerprint density at radius 2 is 2.12 bits per heavy atom. The Morgan fingerprint density at radius 1 is 1.41 bits per heavy atom. The van der Waals surface area contributed by atoms with Gasteiger partial charge in [-0.15, -0.1) is 0 Å². The Hall–Kier alpha value is -1.51. The van der Waals surface area contributed by atoms with Gasteiger partial charge in [0.05, 0.1) is 7.11 Å². The molecule has 0 radical (unpaired) electrons. The summed E-state index contributed by atoms with van der Waals surface area (Å²) in [6.07, 6.45) is 2.78. The molecular formula is C14H21NO2. The SMILES string of the molecule is CCC(C)(C)C/N=C/c1cc(OC)ccc1O. The van der Waals surface area contributed by atoms with Crippen molar-refractivity contribution in [2.45, 2.75) is 27.2 Å². The van der Waals surface area contributed by atoms with E-state index in [1.54, 1.807) is 31.5 Å². The molecule has 0 bridgehead atoms. The van der Waals surface area contributed by atoms with Crippen LogP contribution in [0.4, 0.5) is 0 Å². The highest BCUT2D eigenvalue weighted by molar-refractivity contribution is 5.84. The Kier molecular flexibility index (Phi) is 4.55. The van der Waals surface area contributed by atoms with E-state index in [1.807, 2.05) is 0 Å². The second-order valence-electron chi connectivity index (χ2n) is 4.91. The molecule has 1 aromatic rings. The van der Waals surface area contributed by atoms with Crippen LogP contribution in [0.5, 0.6) is 11.5 Å². The molecule has 94 valence electrons. The van der Waals surface area contributed by atoms with Gasteiger partial charge < -0.3 is 9.84 Å². The van der Waals surface area contributed by atoms with Gasteiger partial charge in [-0.2, -0.15) is 0 Å². The molecule has 0 unspecified atom stereocenters. The molecular weight excluding hydrogens is 214 g/mol. The van der Waals surface area contributed by atoms with Crippen molar-refractivity contribution in [3.05, 3.63) is 23.8 Å².